The fourth-order valence-electron chi connectivity index (χ4n) is 5.56. The van der Waals surface area contributed by atoms with Gasteiger partial charge in [-0.15, -0.1) is 0 Å². The van der Waals surface area contributed by atoms with Gasteiger partial charge in [-0.25, -0.2) is 14.2 Å². The van der Waals surface area contributed by atoms with Crippen molar-refractivity contribution in [3.63, 3.8) is 0 Å². The molecule has 1 aromatic heterocycles. The van der Waals surface area contributed by atoms with Gasteiger partial charge in [0.2, 0.25) is 0 Å². The fraction of sp³-hybridized carbons (Fsp3) is 0.382. The smallest absolute Gasteiger partial charge is 0.338 e. The van der Waals surface area contributed by atoms with Crippen LogP contribution < -0.4 is 4.74 Å². The molecule has 3 heterocycles. The molecule has 0 aliphatic carbocycles. The predicted molar refractivity (Wildman–Crippen MR) is 164 cm³/mol. The third-order valence-electron chi connectivity index (χ3n) is 7.96. The summed E-state index contributed by atoms with van der Waals surface area (Å²) in [5.74, 6) is 0.522. The first-order chi connectivity index (χ1) is 21.1. The van der Waals surface area contributed by atoms with Crippen molar-refractivity contribution in [3.8, 4) is 11.8 Å². The lowest BCUT2D eigenvalue weighted by Gasteiger charge is -2.31. The summed E-state index contributed by atoms with van der Waals surface area (Å²) in [6.45, 7) is 8.97. The Kier molecular flexibility index (Phi) is 8.34. The summed E-state index contributed by atoms with van der Waals surface area (Å²) in [5, 5.41) is 9.51. The first kappa shape index (κ1) is 30.1. The zero-order valence-electron chi connectivity index (χ0n) is 25.0. The highest BCUT2D eigenvalue weighted by Crippen LogP contribution is 2.35. The van der Waals surface area contributed by atoms with Gasteiger partial charge >= 0.3 is 5.97 Å². The number of imidazole rings is 1. The number of hydrogen-bond acceptors (Lipinski definition) is 7. The van der Waals surface area contributed by atoms with Crippen LogP contribution in [0, 0.1) is 17.1 Å². The van der Waals surface area contributed by atoms with Crippen molar-refractivity contribution < 1.29 is 23.4 Å². The molecule has 4 aromatic rings. The Balaban J connectivity index is 1.22. The van der Waals surface area contributed by atoms with E-state index in [0.29, 0.717) is 41.5 Å². The van der Waals surface area contributed by atoms with Crippen molar-refractivity contribution in [1.29, 1.82) is 5.26 Å². The standard InChI is InChI=1S/C34H34ClFN4O4/c1-34(2,3)44-33(41)23-6-8-28-29(15-23)40(17-25-11-13-42-25)31(38-28)19-39-12-10-22-7-9-30(32(35)26(22)18-39)43-20-24-5-4-21(16-37)14-27(24)36/h4-9,14-15,25H,10-13,17-20H2,1-3H3/t25-/m0/s1. The molecule has 0 saturated carbocycles. The molecule has 10 heteroatoms. The zero-order chi connectivity index (χ0) is 31.0. The molecule has 1 atom stereocenters. The maximum atomic E-state index is 14.4. The van der Waals surface area contributed by atoms with Crippen LogP contribution in [0.2, 0.25) is 5.02 Å². The van der Waals surface area contributed by atoms with Crippen LogP contribution in [0.5, 0.6) is 5.75 Å². The molecular weight excluding hydrogens is 583 g/mol. The number of nitriles is 1. The van der Waals surface area contributed by atoms with Gasteiger partial charge in [0, 0.05) is 25.3 Å². The minimum Gasteiger partial charge on any atom is -0.487 e. The van der Waals surface area contributed by atoms with Crippen LogP contribution in [-0.2, 0) is 42.1 Å². The van der Waals surface area contributed by atoms with Crippen molar-refractivity contribution in [3.05, 3.63) is 93.0 Å². The summed E-state index contributed by atoms with van der Waals surface area (Å²) in [7, 11) is 0. The predicted octanol–water partition coefficient (Wildman–Crippen LogP) is 6.58. The lowest BCUT2D eigenvalue weighted by molar-refractivity contribution is -0.0592. The third-order valence-corrected chi connectivity index (χ3v) is 8.37. The molecule has 0 amide bonds. The monoisotopic (exact) mass is 616 g/mol. The van der Waals surface area contributed by atoms with Crippen molar-refractivity contribution in [2.45, 2.75) is 71.6 Å². The van der Waals surface area contributed by atoms with E-state index >= 15 is 0 Å². The van der Waals surface area contributed by atoms with E-state index in [4.69, 9.17) is 36.1 Å². The number of ether oxygens (including phenoxy) is 3. The lowest BCUT2D eigenvalue weighted by Crippen LogP contribution is -2.34. The summed E-state index contributed by atoms with van der Waals surface area (Å²) in [6, 6.07) is 15.6. The number of hydrogen-bond donors (Lipinski definition) is 0. The highest BCUT2D eigenvalue weighted by Gasteiger charge is 2.27. The van der Waals surface area contributed by atoms with Gasteiger partial charge in [-0.2, -0.15) is 5.26 Å². The summed E-state index contributed by atoms with van der Waals surface area (Å²) in [4.78, 5) is 20.1. The van der Waals surface area contributed by atoms with Crippen LogP contribution in [0.3, 0.4) is 0 Å². The SMILES string of the molecule is CC(C)(C)OC(=O)c1ccc2nc(CN3CCc4ccc(OCc5ccc(C#N)cc5F)c(Cl)c4C3)n(C[C@@H]3CCO3)c2c1. The van der Waals surface area contributed by atoms with Crippen molar-refractivity contribution >= 4 is 28.6 Å². The quantitative estimate of drug-likeness (QED) is 0.207. The zero-order valence-corrected chi connectivity index (χ0v) is 25.8. The van der Waals surface area contributed by atoms with Crippen LogP contribution in [-0.4, -0.2) is 45.3 Å². The Bertz CT molecular complexity index is 1770. The van der Waals surface area contributed by atoms with E-state index < -0.39 is 11.4 Å². The van der Waals surface area contributed by atoms with Crippen LogP contribution in [0.4, 0.5) is 4.39 Å². The fourth-order valence-corrected chi connectivity index (χ4v) is 5.85. The van der Waals surface area contributed by atoms with E-state index in [9.17, 15) is 9.18 Å². The normalized spacial score (nSPS) is 16.7. The molecule has 1 fully saturated rings. The first-order valence-electron chi connectivity index (χ1n) is 14.8. The van der Waals surface area contributed by atoms with E-state index in [2.05, 4.69) is 9.47 Å². The van der Waals surface area contributed by atoms with Gasteiger partial charge in [0.25, 0.3) is 0 Å². The van der Waals surface area contributed by atoms with E-state index in [-0.39, 0.29) is 24.2 Å². The number of benzene rings is 3. The molecule has 1 saturated heterocycles. The van der Waals surface area contributed by atoms with Gasteiger partial charge in [0.1, 0.15) is 29.6 Å². The van der Waals surface area contributed by atoms with Gasteiger partial charge in [-0.1, -0.05) is 23.7 Å². The Morgan fingerprint density at radius 2 is 2.02 bits per heavy atom. The van der Waals surface area contributed by atoms with Gasteiger partial charge in [0.05, 0.1) is 52.4 Å². The van der Waals surface area contributed by atoms with Crippen LogP contribution in [0.15, 0.2) is 48.5 Å². The van der Waals surface area contributed by atoms with E-state index in [0.717, 1.165) is 54.0 Å². The molecule has 0 N–H and O–H groups in total. The van der Waals surface area contributed by atoms with Crippen LogP contribution in [0.25, 0.3) is 11.0 Å². The summed E-state index contributed by atoms with van der Waals surface area (Å²) in [6.07, 6.45) is 1.90. The number of rotatable bonds is 8. The highest BCUT2D eigenvalue weighted by molar-refractivity contribution is 6.33. The number of halogens is 2. The molecule has 6 rings (SSSR count). The second kappa shape index (κ2) is 12.2. The number of carbonyl (C=O) groups excluding carboxylic acids is 1. The average Bonchev–Trinajstić information content (AvgIpc) is 3.30. The molecular formula is C34H34ClFN4O4. The van der Waals surface area contributed by atoms with Gasteiger partial charge < -0.3 is 18.8 Å². The number of carbonyl (C=O) groups is 1. The van der Waals surface area contributed by atoms with Crippen molar-refractivity contribution in [1.82, 2.24) is 14.5 Å². The van der Waals surface area contributed by atoms with E-state index in [1.165, 1.54) is 6.07 Å². The van der Waals surface area contributed by atoms with Crippen LogP contribution >= 0.6 is 11.6 Å². The third kappa shape index (κ3) is 6.43. The average molecular weight is 617 g/mol. The maximum absolute atomic E-state index is 14.4. The number of fused-ring (bicyclic) bond motifs is 2. The molecule has 2 aliphatic heterocycles. The van der Waals surface area contributed by atoms with Gasteiger partial charge in [0.15, 0.2) is 0 Å². The second-order valence-electron chi connectivity index (χ2n) is 12.3. The summed E-state index contributed by atoms with van der Waals surface area (Å²) >= 11 is 6.86. The topological polar surface area (TPSA) is 89.6 Å². The molecule has 0 unspecified atom stereocenters. The molecule has 0 spiro atoms. The Hall–Kier alpha value is -3.97. The van der Waals surface area contributed by atoms with Crippen LogP contribution in [0.1, 0.15) is 65.6 Å². The van der Waals surface area contributed by atoms with E-state index in [1.807, 2.05) is 51.1 Å². The minimum absolute atomic E-state index is 0.00168. The summed E-state index contributed by atoms with van der Waals surface area (Å²) < 4.78 is 33.9. The Morgan fingerprint density at radius 1 is 1.20 bits per heavy atom. The Labute approximate surface area is 260 Å². The number of esters is 1. The molecule has 0 radical (unpaired) electrons. The molecule has 228 valence electrons. The van der Waals surface area contributed by atoms with Crippen molar-refractivity contribution in [2.75, 3.05) is 13.2 Å². The van der Waals surface area contributed by atoms with Gasteiger partial charge in [-0.05, 0) is 81.1 Å². The largest absolute Gasteiger partial charge is 0.487 e. The maximum Gasteiger partial charge on any atom is 0.338 e. The second-order valence-corrected chi connectivity index (χ2v) is 12.7. The first-order valence-corrected chi connectivity index (χ1v) is 15.1. The molecule has 44 heavy (non-hydrogen) atoms. The lowest BCUT2D eigenvalue weighted by atomic mass is 9.99. The van der Waals surface area contributed by atoms with E-state index in [1.54, 1.807) is 18.2 Å². The minimum atomic E-state index is -0.590. The molecule has 2 aliphatic rings. The number of nitrogens with zero attached hydrogens (tertiary/aromatic N) is 4. The van der Waals surface area contributed by atoms with Gasteiger partial charge in [-0.3, -0.25) is 4.90 Å². The summed E-state index contributed by atoms with van der Waals surface area (Å²) in [5.41, 5.74) is 4.33. The molecule has 3 aromatic carbocycles. The van der Waals surface area contributed by atoms with Crippen molar-refractivity contribution in [2.24, 2.45) is 0 Å². The molecule has 0 bridgehead atoms. The number of aromatic nitrogens is 2. The molecule has 8 nitrogen and oxygen atoms in total. The highest BCUT2D eigenvalue weighted by atomic mass is 35.5. The Morgan fingerprint density at radius 3 is 2.73 bits per heavy atom.